The van der Waals surface area contributed by atoms with Crippen LogP contribution in [0.1, 0.15) is 18.0 Å². The number of nitrogens with one attached hydrogen (secondary N) is 1. The first-order chi connectivity index (χ1) is 15.0. The van der Waals surface area contributed by atoms with Crippen LogP contribution in [0.5, 0.6) is 0 Å². The number of aromatic nitrogens is 1. The summed E-state index contributed by atoms with van der Waals surface area (Å²) in [6.45, 7) is 1.23. The number of carbonyl (C=O) groups excluding carboxylic acids is 1. The number of fused-ring (bicyclic) bond motifs is 1. The third-order valence-corrected chi connectivity index (χ3v) is 8.41. The Morgan fingerprint density at radius 3 is 2.48 bits per heavy atom. The number of rotatable bonds is 8. The van der Waals surface area contributed by atoms with Crippen LogP contribution in [0.4, 0.5) is 0 Å². The van der Waals surface area contributed by atoms with Gasteiger partial charge in [0.2, 0.25) is 15.9 Å². The number of benzene rings is 2. The molecular weight excluding hydrogens is 430 g/mol. The van der Waals surface area contributed by atoms with Crippen LogP contribution in [-0.2, 0) is 14.8 Å². The molecule has 164 valence electrons. The van der Waals surface area contributed by atoms with Crippen molar-refractivity contribution in [2.24, 2.45) is 0 Å². The van der Waals surface area contributed by atoms with Gasteiger partial charge in [-0.1, -0.05) is 42.5 Å². The highest BCUT2D eigenvalue weighted by molar-refractivity contribution is 7.99. The molecule has 1 aliphatic rings. The zero-order chi connectivity index (χ0) is 21.7. The molecule has 0 radical (unpaired) electrons. The Hall–Kier alpha value is -2.29. The van der Waals surface area contributed by atoms with Crippen molar-refractivity contribution in [1.29, 1.82) is 0 Å². The maximum Gasteiger partial charge on any atom is 0.222 e. The molecule has 0 aliphatic carbocycles. The first kappa shape index (κ1) is 21.9. The van der Waals surface area contributed by atoms with Crippen LogP contribution in [0.15, 0.2) is 67.0 Å². The molecule has 1 amide bonds. The van der Waals surface area contributed by atoms with E-state index < -0.39 is 10.0 Å². The highest BCUT2D eigenvalue weighted by atomic mass is 32.2. The molecule has 0 unspecified atom stereocenters. The summed E-state index contributed by atoms with van der Waals surface area (Å²) < 4.78 is 28.6. The molecule has 2 heterocycles. The van der Waals surface area contributed by atoms with E-state index in [0.717, 1.165) is 27.8 Å². The van der Waals surface area contributed by atoms with Crippen LogP contribution >= 0.6 is 11.8 Å². The predicted molar refractivity (Wildman–Crippen MR) is 127 cm³/mol. The minimum Gasteiger partial charge on any atom is -0.355 e. The van der Waals surface area contributed by atoms with Crippen molar-refractivity contribution in [1.82, 2.24) is 14.2 Å². The van der Waals surface area contributed by atoms with E-state index in [0.29, 0.717) is 13.1 Å². The van der Waals surface area contributed by atoms with Crippen LogP contribution in [-0.4, -0.2) is 60.1 Å². The van der Waals surface area contributed by atoms with Gasteiger partial charge in [-0.15, -0.1) is 0 Å². The first-order valence-electron chi connectivity index (χ1n) is 10.5. The number of sulfonamides is 1. The Labute approximate surface area is 187 Å². The second-order valence-electron chi connectivity index (χ2n) is 7.60. The average Bonchev–Trinajstić information content (AvgIpc) is 3.32. The van der Waals surface area contributed by atoms with Crippen LogP contribution in [0.25, 0.3) is 10.8 Å². The lowest BCUT2D eigenvalue weighted by atomic mass is 9.96. The van der Waals surface area contributed by atoms with E-state index in [1.165, 1.54) is 4.31 Å². The topological polar surface area (TPSA) is 71.4 Å². The summed E-state index contributed by atoms with van der Waals surface area (Å²) in [6.07, 6.45) is 4.15. The fourth-order valence-corrected chi connectivity index (χ4v) is 6.49. The molecule has 1 atom stereocenters. The van der Waals surface area contributed by atoms with Crippen molar-refractivity contribution in [3.05, 3.63) is 72.6 Å². The number of nitrogens with zero attached hydrogens (tertiary/aromatic N) is 2. The van der Waals surface area contributed by atoms with Crippen LogP contribution < -0.4 is 5.32 Å². The highest BCUT2D eigenvalue weighted by Gasteiger charge is 2.24. The summed E-state index contributed by atoms with van der Waals surface area (Å²) in [5, 5.41) is 5.07. The zero-order valence-electron chi connectivity index (χ0n) is 17.3. The van der Waals surface area contributed by atoms with Gasteiger partial charge in [-0.25, -0.2) is 12.7 Å². The Kier molecular flexibility index (Phi) is 6.99. The highest BCUT2D eigenvalue weighted by Crippen LogP contribution is 2.29. The zero-order valence-corrected chi connectivity index (χ0v) is 18.9. The predicted octanol–water partition coefficient (Wildman–Crippen LogP) is 3.12. The largest absolute Gasteiger partial charge is 0.355 e. The van der Waals surface area contributed by atoms with Gasteiger partial charge >= 0.3 is 0 Å². The summed E-state index contributed by atoms with van der Waals surface area (Å²) in [7, 11) is -3.33. The SMILES string of the molecule is O=C(C[C@@H](c1cccc2ccccc12)n1cccc1)NCCS(=O)(=O)N1CCSCC1. The second-order valence-corrected chi connectivity index (χ2v) is 10.9. The van der Waals surface area contributed by atoms with E-state index in [1.54, 1.807) is 11.8 Å². The lowest BCUT2D eigenvalue weighted by Gasteiger charge is -2.25. The molecular formula is C23H27N3O3S2. The minimum atomic E-state index is -3.33. The van der Waals surface area contributed by atoms with Crippen LogP contribution in [0.2, 0.25) is 0 Å². The van der Waals surface area contributed by atoms with Gasteiger partial charge in [0.25, 0.3) is 0 Å². The van der Waals surface area contributed by atoms with Gasteiger partial charge in [0, 0.05) is 43.5 Å². The number of hydrogen-bond donors (Lipinski definition) is 1. The minimum absolute atomic E-state index is 0.0636. The van der Waals surface area contributed by atoms with Gasteiger partial charge in [0.1, 0.15) is 0 Å². The maximum atomic E-state index is 12.8. The quantitative estimate of drug-likeness (QED) is 0.564. The normalized spacial score (nSPS) is 16.3. The van der Waals surface area contributed by atoms with E-state index in [1.807, 2.05) is 47.3 Å². The summed E-state index contributed by atoms with van der Waals surface area (Å²) in [6, 6.07) is 18.0. The molecule has 2 aromatic carbocycles. The van der Waals surface area contributed by atoms with Gasteiger partial charge in [0.15, 0.2) is 0 Å². The smallest absolute Gasteiger partial charge is 0.222 e. The number of hydrogen-bond acceptors (Lipinski definition) is 4. The molecule has 4 rings (SSSR count). The van der Waals surface area contributed by atoms with Crippen molar-refractivity contribution in [3.8, 4) is 0 Å². The van der Waals surface area contributed by atoms with E-state index in [2.05, 4.69) is 29.6 Å². The molecule has 1 aromatic heterocycles. The second kappa shape index (κ2) is 9.89. The van der Waals surface area contributed by atoms with E-state index in [-0.39, 0.29) is 30.7 Å². The van der Waals surface area contributed by atoms with Crippen molar-refractivity contribution >= 4 is 38.5 Å². The average molecular weight is 458 g/mol. The maximum absolute atomic E-state index is 12.8. The molecule has 0 spiro atoms. The standard InChI is InChI=1S/C23H27N3O3S2/c27-23(24-10-17-31(28,29)26-13-15-30-16-14-26)18-22(25-11-3-4-12-25)21-9-5-7-19-6-1-2-8-20(19)21/h1-9,11-12,22H,10,13-18H2,(H,24,27)/t22-/m0/s1. The van der Waals surface area contributed by atoms with Crippen LogP contribution in [0, 0.1) is 0 Å². The van der Waals surface area contributed by atoms with Gasteiger partial charge in [-0.05, 0) is 28.5 Å². The molecule has 31 heavy (non-hydrogen) atoms. The fourth-order valence-electron chi connectivity index (χ4n) is 3.99. The van der Waals surface area contributed by atoms with Crippen molar-refractivity contribution in [2.45, 2.75) is 12.5 Å². The molecule has 6 nitrogen and oxygen atoms in total. The van der Waals surface area contributed by atoms with E-state index in [4.69, 9.17) is 0 Å². The van der Waals surface area contributed by atoms with Crippen LogP contribution in [0.3, 0.4) is 0 Å². The molecule has 0 saturated carbocycles. The molecule has 3 aromatic rings. The molecule has 8 heteroatoms. The summed E-state index contributed by atoms with van der Waals surface area (Å²) in [5.41, 5.74) is 1.07. The molecule has 1 N–H and O–H groups in total. The van der Waals surface area contributed by atoms with Crippen molar-refractivity contribution in [3.63, 3.8) is 0 Å². The van der Waals surface area contributed by atoms with Gasteiger partial charge in [-0.2, -0.15) is 11.8 Å². The Bertz CT molecular complexity index is 1120. The van der Waals surface area contributed by atoms with E-state index >= 15 is 0 Å². The number of amides is 1. The summed E-state index contributed by atoms with van der Waals surface area (Å²) >= 11 is 1.77. The van der Waals surface area contributed by atoms with Crippen molar-refractivity contribution < 1.29 is 13.2 Å². The molecule has 1 saturated heterocycles. The number of thioether (sulfide) groups is 1. The van der Waals surface area contributed by atoms with Gasteiger partial charge in [0.05, 0.1) is 18.2 Å². The van der Waals surface area contributed by atoms with Crippen molar-refractivity contribution in [2.75, 3.05) is 36.9 Å². The Morgan fingerprint density at radius 2 is 1.71 bits per heavy atom. The third-order valence-electron chi connectivity index (χ3n) is 5.59. The third kappa shape index (κ3) is 5.31. The lowest BCUT2D eigenvalue weighted by molar-refractivity contribution is -0.121. The Morgan fingerprint density at radius 1 is 1.00 bits per heavy atom. The molecule has 1 fully saturated rings. The Balaban J connectivity index is 1.45. The fraction of sp³-hybridized carbons (Fsp3) is 0.348. The number of carbonyl (C=O) groups is 1. The molecule has 1 aliphatic heterocycles. The summed E-state index contributed by atoms with van der Waals surface area (Å²) in [4.78, 5) is 12.8. The van der Waals surface area contributed by atoms with Gasteiger partial charge in [-0.3, -0.25) is 4.79 Å². The monoisotopic (exact) mass is 457 g/mol. The van der Waals surface area contributed by atoms with E-state index in [9.17, 15) is 13.2 Å². The summed E-state index contributed by atoms with van der Waals surface area (Å²) in [5.74, 6) is 1.44. The van der Waals surface area contributed by atoms with Gasteiger partial charge < -0.3 is 9.88 Å². The first-order valence-corrected chi connectivity index (χ1v) is 13.2. The lowest BCUT2D eigenvalue weighted by Crippen LogP contribution is -2.42. The molecule has 0 bridgehead atoms.